The van der Waals surface area contributed by atoms with Crippen LogP contribution in [0.1, 0.15) is 19.4 Å². The summed E-state index contributed by atoms with van der Waals surface area (Å²) in [6.07, 6.45) is 3.84. The minimum Gasteiger partial charge on any atom is -0.303 e. The van der Waals surface area contributed by atoms with Crippen molar-refractivity contribution in [1.29, 1.82) is 0 Å². The Morgan fingerprint density at radius 3 is 2.90 bits per heavy atom. The SMILES string of the molecule is CN1C[C@@H]2CN(Cc3cccnc3)CCN2C(C)(C)C1. The number of aromatic nitrogens is 1. The van der Waals surface area contributed by atoms with Crippen molar-refractivity contribution in [2.45, 2.75) is 32.0 Å². The molecule has 110 valence electrons. The Kier molecular flexibility index (Phi) is 3.80. The fraction of sp³-hybridized carbons (Fsp3) is 0.688. The van der Waals surface area contributed by atoms with Gasteiger partial charge in [-0.1, -0.05) is 6.07 Å². The average molecular weight is 274 g/mol. The van der Waals surface area contributed by atoms with Gasteiger partial charge in [-0.15, -0.1) is 0 Å². The van der Waals surface area contributed by atoms with Gasteiger partial charge in [0.2, 0.25) is 0 Å². The number of nitrogens with zero attached hydrogens (tertiary/aromatic N) is 4. The van der Waals surface area contributed by atoms with Crippen LogP contribution in [0.3, 0.4) is 0 Å². The highest BCUT2D eigenvalue weighted by molar-refractivity contribution is 5.09. The lowest BCUT2D eigenvalue weighted by molar-refractivity contribution is -0.0592. The molecule has 2 aliphatic rings. The van der Waals surface area contributed by atoms with Crippen LogP contribution in [0.25, 0.3) is 0 Å². The molecule has 0 unspecified atom stereocenters. The fourth-order valence-electron chi connectivity index (χ4n) is 3.94. The zero-order valence-corrected chi connectivity index (χ0v) is 12.9. The highest BCUT2D eigenvalue weighted by Crippen LogP contribution is 2.27. The van der Waals surface area contributed by atoms with E-state index in [-0.39, 0.29) is 0 Å². The van der Waals surface area contributed by atoms with E-state index in [4.69, 9.17) is 0 Å². The molecule has 4 heteroatoms. The normalized spacial score (nSPS) is 28.2. The maximum atomic E-state index is 4.22. The summed E-state index contributed by atoms with van der Waals surface area (Å²) in [7, 11) is 2.25. The Morgan fingerprint density at radius 2 is 2.15 bits per heavy atom. The monoisotopic (exact) mass is 274 g/mol. The Bertz CT molecular complexity index is 445. The molecule has 1 aromatic rings. The first-order chi connectivity index (χ1) is 9.54. The molecule has 2 aliphatic heterocycles. The standard InChI is InChI=1S/C16H26N4/c1-16(2)13-18(3)11-15-12-19(7-8-20(15)16)10-14-5-4-6-17-9-14/h4-6,9,15H,7-8,10-13H2,1-3H3/t15-/m1/s1. The highest BCUT2D eigenvalue weighted by Gasteiger charge is 2.41. The zero-order valence-electron chi connectivity index (χ0n) is 12.9. The van der Waals surface area contributed by atoms with Gasteiger partial charge in [-0.2, -0.15) is 0 Å². The third-order valence-electron chi connectivity index (χ3n) is 4.65. The number of likely N-dealkylation sites (N-methyl/N-ethyl adjacent to an activating group) is 1. The number of rotatable bonds is 2. The van der Waals surface area contributed by atoms with Crippen LogP contribution in [0, 0.1) is 0 Å². The van der Waals surface area contributed by atoms with E-state index < -0.39 is 0 Å². The van der Waals surface area contributed by atoms with Crippen LogP contribution in [-0.2, 0) is 6.54 Å². The van der Waals surface area contributed by atoms with Gasteiger partial charge in [-0.3, -0.25) is 14.8 Å². The molecule has 0 bridgehead atoms. The summed E-state index contributed by atoms with van der Waals surface area (Å²) in [6, 6.07) is 4.87. The van der Waals surface area contributed by atoms with Crippen LogP contribution < -0.4 is 0 Å². The topological polar surface area (TPSA) is 22.6 Å². The summed E-state index contributed by atoms with van der Waals surface area (Å²) in [5, 5.41) is 0. The molecule has 3 rings (SSSR count). The van der Waals surface area contributed by atoms with E-state index in [2.05, 4.69) is 46.6 Å². The van der Waals surface area contributed by atoms with Crippen LogP contribution >= 0.6 is 0 Å². The molecule has 0 radical (unpaired) electrons. The third kappa shape index (κ3) is 2.87. The second-order valence-electron chi connectivity index (χ2n) is 6.95. The van der Waals surface area contributed by atoms with Crippen LogP contribution in [-0.4, -0.2) is 71.0 Å². The molecule has 3 heterocycles. The first-order valence-corrected chi connectivity index (χ1v) is 7.61. The van der Waals surface area contributed by atoms with Gasteiger partial charge in [0, 0.05) is 63.2 Å². The van der Waals surface area contributed by atoms with E-state index in [0.29, 0.717) is 11.6 Å². The van der Waals surface area contributed by atoms with Crippen molar-refractivity contribution in [1.82, 2.24) is 19.7 Å². The predicted octanol–water partition coefficient (Wildman–Crippen LogP) is 1.29. The van der Waals surface area contributed by atoms with Crippen molar-refractivity contribution in [2.24, 2.45) is 0 Å². The molecule has 0 amide bonds. The Labute approximate surface area is 122 Å². The number of hydrogen-bond acceptors (Lipinski definition) is 4. The van der Waals surface area contributed by atoms with E-state index in [1.54, 1.807) is 0 Å². The molecule has 1 atom stereocenters. The third-order valence-corrected chi connectivity index (χ3v) is 4.65. The van der Waals surface area contributed by atoms with Crippen molar-refractivity contribution in [3.63, 3.8) is 0 Å². The molecule has 1 aromatic heterocycles. The number of piperazine rings is 2. The van der Waals surface area contributed by atoms with Crippen molar-refractivity contribution in [3.8, 4) is 0 Å². The summed E-state index contributed by atoms with van der Waals surface area (Å²) in [6.45, 7) is 11.7. The van der Waals surface area contributed by atoms with Gasteiger partial charge < -0.3 is 4.90 Å². The first kappa shape index (κ1) is 14.0. The van der Waals surface area contributed by atoms with Gasteiger partial charge in [0.15, 0.2) is 0 Å². The van der Waals surface area contributed by atoms with E-state index in [1.807, 2.05) is 18.5 Å². The van der Waals surface area contributed by atoms with E-state index in [0.717, 1.165) is 6.54 Å². The zero-order chi connectivity index (χ0) is 14.2. The van der Waals surface area contributed by atoms with Crippen LogP contribution in [0.4, 0.5) is 0 Å². The molecule has 2 saturated heterocycles. The van der Waals surface area contributed by atoms with E-state index >= 15 is 0 Å². The lowest BCUT2D eigenvalue weighted by Crippen LogP contribution is -2.68. The van der Waals surface area contributed by atoms with Gasteiger partial charge in [0.05, 0.1) is 0 Å². The molecule has 4 nitrogen and oxygen atoms in total. The number of hydrogen-bond donors (Lipinski definition) is 0. The fourth-order valence-corrected chi connectivity index (χ4v) is 3.94. The molecule has 0 aliphatic carbocycles. The molecule has 0 aromatic carbocycles. The summed E-state index contributed by atoms with van der Waals surface area (Å²) >= 11 is 0. The summed E-state index contributed by atoms with van der Waals surface area (Å²) in [4.78, 5) is 12.0. The maximum Gasteiger partial charge on any atom is 0.0356 e. The Morgan fingerprint density at radius 1 is 1.30 bits per heavy atom. The lowest BCUT2D eigenvalue weighted by Gasteiger charge is -2.55. The van der Waals surface area contributed by atoms with Gasteiger partial charge in [0.25, 0.3) is 0 Å². The van der Waals surface area contributed by atoms with Crippen molar-refractivity contribution < 1.29 is 0 Å². The predicted molar refractivity (Wildman–Crippen MR) is 81.6 cm³/mol. The first-order valence-electron chi connectivity index (χ1n) is 7.61. The second kappa shape index (κ2) is 5.43. The van der Waals surface area contributed by atoms with Crippen LogP contribution in [0.2, 0.25) is 0 Å². The second-order valence-corrected chi connectivity index (χ2v) is 6.95. The molecule has 0 saturated carbocycles. The van der Waals surface area contributed by atoms with Crippen molar-refractivity contribution in [3.05, 3.63) is 30.1 Å². The van der Waals surface area contributed by atoms with Gasteiger partial charge in [0.1, 0.15) is 0 Å². The minimum absolute atomic E-state index is 0.304. The molecule has 0 spiro atoms. The minimum atomic E-state index is 0.304. The van der Waals surface area contributed by atoms with Gasteiger partial charge in [-0.25, -0.2) is 0 Å². The van der Waals surface area contributed by atoms with E-state index in [9.17, 15) is 0 Å². The Hall–Kier alpha value is -0.970. The average Bonchev–Trinajstić information content (AvgIpc) is 2.38. The molecular weight excluding hydrogens is 248 g/mol. The molecule has 20 heavy (non-hydrogen) atoms. The van der Waals surface area contributed by atoms with Crippen molar-refractivity contribution >= 4 is 0 Å². The smallest absolute Gasteiger partial charge is 0.0356 e. The quantitative estimate of drug-likeness (QED) is 0.810. The highest BCUT2D eigenvalue weighted by atomic mass is 15.4. The Balaban J connectivity index is 1.66. The molecular formula is C16H26N4. The summed E-state index contributed by atoms with van der Waals surface area (Å²) < 4.78 is 0. The van der Waals surface area contributed by atoms with Crippen molar-refractivity contribution in [2.75, 3.05) is 39.8 Å². The number of pyridine rings is 1. The largest absolute Gasteiger partial charge is 0.303 e. The number of fused-ring (bicyclic) bond motifs is 1. The summed E-state index contributed by atoms with van der Waals surface area (Å²) in [5.41, 5.74) is 1.63. The van der Waals surface area contributed by atoms with Gasteiger partial charge in [-0.05, 0) is 32.5 Å². The maximum absolute atomic E-state index is 4.22. The molecule has 2 fully saturated rings. The summed E-state index contributed by atoms with van der Waals surface area (Å²) in [5.74, 6) is 0. The van der Waals surface area contributed by atoms with Gasteiger partial charge >= 0.3 is 0 Å². The van der Waals surface area contributed by atoms with Crippen LogP contribution in [0.5, 0.6) is 0 Å². The molecule has 0 N–H and O–H groups in total. The van der Waals surface area contributed by atoms with E-state index in [1.165, 1.54) is 38.3 Å². The van der Waals surface area contributed by atoms with Crippen LogP contribution in [0.15, 0.2) is 24.5 Å². The lowest BCUT2D eigenvalue weighted by atomic mass is 9.93.